The number of ether oxygens (including phenoxy) is 1. The van der Waals surface area contributed by atoms with Crippen molar-refractivity contribution in [2.75, 3.05) is 0 Å². The summed E-state index contributed by atoms with van der Waals surface area (Å²) in [6.45, 7) is 0. The average molecular weight is 518 g/mol. The van der Waals surface area contributed by atoms with Crippen LogP contribution in [0.2, 0.25) is 0 Å². The smallest absolute Gasteiger partial charge is 0.462 e. The Kier molecular flexibility index (Phi) is 6.66. The van der Waals surface area contributed by atoms with Crippen LogP contribution < -0.4 is 0 Å². The molecule has 1 N–H and O–H groups in total. The first-order chi connectivity index (χ1) is 15.2. The molecule has 16 heteroatoms. The molecule has 0 amide bonds. The molecule has 0 saturated heterocycles. The molecule has 0 aliphatic carbocycles. The SMILES string of the molecule is O=C(c1ccc(-c2ccc(O)c(F)c2)cc1F)C(F)(OC(F)(F)C(F)(F)C(F)(F)F)C(F)(F)F. The third kappa shape index (κ3) is 4.63. The summed E-state index contributed by atoms with van der Waals surface area (Å²) in [6.07, 6.45) is -21.5. The second-order valence-corrected chi connectivity index (χ2v) is 6.47. The molecule has 3 nitrogen and oxygen atoms in total. The minimum Gasteiger partial charge on any atom is -0.505 e. The number of benzene rings is 2. The van der Waals surface area contributed by atoms with Crippen LogP contribution in [0, 0.1) is 11.6 Å². The number of phenols is 1. The number of aromatic hydroxyl groups is 1. The summed E-state index contributed by atoms with van der Waals surface area (Å²) in [5.41, 5.74) is -2.71. The van der Waals surface area contributed by atoms with E-state index in [-0.39, 0.29) is 17.7 Å². The van der Waals surface area contributed by atoms with Crippen LogP contribution in [-0.2, 0) is 4.74 Å². The number of Topliss-reactive ketones (excluding diaryl/α,β-unsaturated/α-hetero) is 1. The van der Waals surface area contributed by atoms with Crippen molar-refractivity contribution in [3.05, 3.63) is 53.6 Å². The standard InChI is InChI=1S/C18H7F13O3/c19-10-5-7(8-2-4-12(32)11(20)6-8)1-3-9(10)13(33)14(21,16(24,25)26)34-18(30,31)15(22,23)17(27,28)29/h1-6,32H. The largest absolute Gasteiger partial charge is 0.505 e. The van der Waals surface area contributed by atoms with E-state index in [1.54, 1.807) is 0 Å². The maximum Gasteiger partial charge on any atom is 0.462 e. The average Bonchev–Trinajstić information content (AvgIpc) is 2.67. The highest BCUT2D eigenvalue weighted by molar-refractivity contribution is 6.02. The van der Waals surface area contributed by atoms with Gasteiger partial charge in [0.1, 0.15) is 5.82 Å². The van der Waals surface area contributed by atoms with Gasteiger partial charge in [0, 0.05) is 0 Å². The number of hydrogen-bond acceptors (Lipinski definition) is 3. The minimum atomic E-state index is -7.39. The van der Waals surface area contributed by atoms with Gasteiger partial charge in [0.15, 0.2) is 11.6 Å². The number of ketones is 1. The minimum absolute atomic E-state index is 0.0290. The van der Waals surface area contributed by atoms with Crippen LogP contribution in [0.25, 0.3) is 11.1 Å². The van der Waals surface area contributed by atoms with Crippen LogP contribution in [0.4, 0.5) is 57.1 Å². The van der Waals surface area contributed by atoms with Crippen molar-refractivity contribution in [2.24, 2.45) is 0 Å². The molecule has 0 aromatic heterocycles. The molecule has 0 aliphatic rings. The molecule has 34 heavy (non-hydrogen) atoms. The maximum absolute atomic E-state index is 14.4. The van der Waals surface area contributed by atoms with Gasteiger partial charge in [-0.3, -0.25) is 9.53 Å². The van der Waals surface area contributed by atoms with Crippen LogP contribution in [0.3, 0.4) is 0 Å². The van der Waals surface area contributed by atoms with Crippen molar-refractivity contribution in [1.82, 2.24) is 0 Å². The third-order valence-corrected chi connectivity index (χ3v) is 4.14. The van der Waals surface area contributed by atoms with Crippen molar-refractivity contribution in [3.63, 3.8) is 0 Å². The van der Waals surface area contributed by atoms with Gasteiger partial charge in [-0.05, 0) is 35.4 Å². The lowest BCUT2D eigenvalue weighted by Crippen LogP contribution is -2.61. The Hall–Kier alpha value is -3.04. The van der Waals surface area contributed by atoms with Gasteiger partial charge in [0.2, 0.25) is 5.78 Å². The first-order valence-corrected chi connectivity index (χ1v) is 8.27. The second kappa shape index (κ2) is 8.32. The summed E-state index contributed by atoms with van der Waals surface area (Å²) >= 11 is 0. The van der Waals surface area contributed by atoms with Gasteiger partial charge in [0.05, 0.1) is 5.56 Å². The van der Waals surface area contributed by atoms with Gasteiger partial charge in [-0.15, -0.1) is 0 Å². The van der Waals surface area contributed by atoms with E-state index in [0.29, 0.717) is 12.1 Å². The number of phenolic OH excluding ortho intramolecular Hbond substituents is 1. The second-order valence-electron chi connectivity index (χ2n) is 6.47. The monoisotopic (exact) mass is 518 g/mol. The van der Waals surface area contributed by atoms with E-state index < -0.39 is 64.5 Å². The summed E-state index contributed by atoms with van der Waals surface area (Å²) in [7, 11) is 0. The lowest BCUT2D eigenvalue weighted by Gasteiger charge is -2.34. The van der Waals surface area contributed by atoms with Gasteiger partial charge in [-0.25, -0.2) is 8.78 Å². The van der Waals surface area contributed by atoms with E-state index in [9.17, 15) is 61.9 Å². The molecule has 2 rings (SSSR count). The molecule has 0 fully saturated rings. The fraction of sp³-hybridized carbons (Fsp3) is 0.278. The predicted molar refractivity (Wildman–Crippen MR) is 84.7 cm³/mol. The number of carbonyl (C=O) groups is 1. The first kappa shape index (κ1) is 27.2. The highest BCUT2D eigenvalue weighted by atomic mass is 19.4. The Bertz CT molecular complexity index is 1090. The van der Waals surface area contributed by atoms with Crippen molar-refractivity contribution < 1.29 is 71.7 Å². The molecular weight excluding hydrogens is 511 g/mol. The molecule has 0 heterocycles. The van der Waals surface area contributed by atoms with Crippen LogP contribution in [-0.4, -0.2) is 41.1 Å². The van der Waals surface area contributed by atoms with Gasteiger partial charge < -0.3 is 5.11 Å². The van der Waals surface area contributed by atoms with Crippen LogP contribution in [0.15, 0.2) is 36.4 Å². The Labute approximate surface area is 179 Å². The topological polar surface area (TPSA) is 46.5 Å². The fourth-order valence-corrected chi connectivity index (χ4v) is 2.38. The molecule has 0 bridgehead atoms. The lowest BCUT2D eigenvalue weighted by atomic mass is 9.98. The van der Waals surface area contributed by atoms with E-state index in [1.165, 1.54) is 0 Å². The van der Waals surface area contributed by atoms with Gasteiger partial charge in [0.25, 0.3) is 0 Å². The predicted octanol–water partition coefficient (Wildman–Crippen LogP) is 6.56. The van der Waals surface area contributed by atoms with Crippen LogP contribution in [0.5, 0.6) is 5.75 Å². The molecule has 0 saturated carbocycles. The highest BCUT2D eigenvalue weighted by Gasteiger charge is 2.79. The molecular formula is C18H7F13O3. The zero-order valence-corrected chi connectivity index (χ0v) is 15.6. The summed E-state index contributed by atoms with van der Waals surface area (Å²) in [5.74, 6) is -21.6. The van der Waals surface area contributed by atoms with Crippen molar-refractivity contribution >= 4 is 5.78 Å². The van der Waals surface area contributed by atoms with E-state index in [2.05, 4.69) is 4.74 Å². The Morgan fingerprint density at radius 1 is 0.706 bits per heavy atom. The molecule has 1 unspecified atom stereocenters. The Morgan fingerprint density at radius 2 is 1.18 bits per heavy atom. The molecule has 2 aromatic carbocycles. The zero-order valence-electron chi connectivity index (χ0n) is 15.6. The van der Waals surface area contributed by atoms with Gasteiger partial charge in [-0.1, -0.05) is 12.1 Å². The molecule has 0 radical (unpaired) electrons. The number of hydrogen-bond donors (Lipinski definition) is 1. The number of rotatable bonds is 6. The maximum atomic E-state index is 14.4. The van der Waals surface area contributed by atoms with E-state index in [0.717, 1.165) is 12.1 Å². The molecule has 1 atom stereocenters. The zero-order chi connectivity index (χ0) is 26.5. The molecule has 2 aromatic rings. The van der Waals surface area contributed by atoms with E-state index in [1.807, 2.05) is 0 Å². The first-order valence-electron chi connectivity index (χ1n) is 8.27. The summed E-state index contributed by atoms with van der Waals surface area (Å²) < 4.78 is 172. The van der Waals surface area contributed by atoms with E-state index in [4.69, 9.17) is 5.11 Å². The van der Waals surface area contributed by atoms with Crippen LogP contribution >= 0.6 is 0 Å². The Morgan fingerprint density at radius 3 is 1.59 bits per heavy atom. The summed E-state index contributed by atoms with van der Waals surface area (Å²) in [5, 5.41) is 9.09. The van der Waals surface area contributed by atoms with Gasteiger partial charge in [-0.2, -0.15) is 48.3 Å². The Balaban J connectivity index is 2.54. The van der Waals surface area contributed by atoms with Crippen molar-refractivity contribution in [3.8, 4) is 16.9 Å². The van der Waals surface area contributed by atoms with Crippen molar-refractivity contribution in [1.29, 1.82) is 0 Å². The fourth-order valence-electron chi connectivity index (χ4n) is 2.38. The lowest BCUT2D eigenvalue weighted by molar-refractivity contribution is -0.470. The van der Waals surface area contributed by atoms with Crippen molar-refractivity contribution in [2.45, 2.75) is 30.2 Å². The molecule has 188 valence electrons. The van der Waals surface area contributed by atoms with Gasteiger partial charge >= 0.3 is 30.2 Å². The van der Waals surface area contributed by atoms with Crippen LogP contribution in [0.1, 0.15) is 10.4 Å². The molecule has 0 spiro atoms. The summed E-state index contributed by atoms with van der Waals surface area (Å²) in [4.78, 5) is 11.9. The normalized spacial score (nSPS) is 15.2. The number of halogens is 13. The number of carbonyl (C=O) groups excluding carboxylic acids is 1. The quantitative estimate of drug-likeness (QED) is 0.349. The third-order valence-electron chi connectivity index (χ3n) is 4.14. The molecule has 0 aliphatic heterocycles. The number of alkyl halides is 11. The highest BCUT2D eigenvalue weighted by Crippen LogP contribution is 2.51. The van der Waals surface area contributed by atoms with E-state index >= 15 is 0 Å². The summed E-state index contributed by atoms with van der Waals surface area (Å²) in [6, 6.07) is 3.02.